The SMILES string of the molecule is Cc1ccc(C(=O)O[C@H](C)c2nnc(-c3ccccc3)o2)c(C)c1. The number of nitrogens with zero attached hydrogens (tertiary/aromatic N) is 2. The smallest absolute Gasteiger partial charge is 0.339 e. The van der Waals surface area contributed by atoms with E-state index in [0.29, 0.717) is 11.5 Å². The summed E-state index contributed by atoms with van der Waals surface area (Å²) in [5.41, 5.74) is 3.34. The fourth-order valence-electron chi connectivity index (χ4n) is 2.41. The second-order valence-electron chi connectivity index (χ2n) is 5.68. The van der Waals surface area contributed by atoms with E-state index in [0.717, 1.165) is 16.7 Å². The molecule has 5 nitrogen and oxygen atoms in total. The van der Waals surface area contributed by atoms with Gasteiger partial charge in [-0.2, -0.15) is 0 Å². The predicted molar refractivity (Wildman–Crippen MR) is 89.5 cm³/mol. The van der Waals surface area contributed by atoms with Crippen molar-refractivity contribution < 1.29 is 13.9 Å². The molecule has 0 fully saturated rings. The van der Waals surface area contributed by atoms with Crippen LogP contribution in [0.2, 0.25) is 0 Å². The highest BCUT2D eigenvalue weighted by atomic mass is 16.6. The first kappa shape index (κ1) is 15.9. The van der Waals surface area contributed by atoms with Crippen molar-refractivity contribution in [2.45, 2.75) is 26.9 Å². The number of rotatable bonds is 4. The quantitative estimate of drug-likeness (QED) is 0.671. The highest BCUT2D eigenvalue weighted by Gasteiger charge is 2.20. The molecule has 0 unspecified atom stereocenters. The summed E-state index contributed by atoms with van der Waals surface area (Å²) in [5, 5.41) is 7.99. The van der Waals surface area contributed by atoms with Crippen LogP contribution in [-0.4, -0.2) is 16.2 Å². The molecule has 122 valence electrons. The Morgan fingerprint density at radius 1 is 1.08 bits per heavy atom. The molecule has 0 aliphatic rings. The van der Waals surface area contributed by atoms with Gasteiger partial charge >= 0.3 is 5.97 Å². The van der Waals surface area contributed by atoms with Crippen molar-refractivity contribution in [1.82, 2.24) is 10.2 Å². The lowest BCUT2D eigenvalue weighted by atomic mass is 10.1. The third-order valence-corrected chi connectivity index (χ3v) is 3.69. The number of hydrogen-bond acceptors (Lipinski definition) is 5. The second-order valence-corrected chi connectivity index (χ2v) is 5.68. The number of carbonyl (C=O) groups excluding carboxylic acids is 1. The van der Waals surface area contributed by atoms with Gasteiger partial charge in [-0.25, -0.2) is 4.79 Å². The molecule has 3 rings (SSSR count). The summed E-state index contributed by atoms with van der Waals surface area (Å²) in [7, 11) is 0. The predicted octanol–water partition coefficient (Wildman–Crippen LogP) is 4.27. The Kier molecular flexibility index (Phi) is 4.42. The van der Waals surface area contributed by atoms with E-state index in [-0.39, 0.29) is 5.89 Å². The normalized spacial score (nSPS) is 12.0. The molecule has 0 N–H and O–H groups in total. The van der Waals surface area contributed by atoms with Crippen LogP contribution in [0.4, 0.5) is 0 Å². The molecule has 1 atom stereocenters. The van der Waals surface area contributed by atoms with Gasteiger partial charge in [0.1, 0.15) is 0 Å². The highest BCUT2D eigenvalue weighted by molar-refractivity contribution is 5.91. The van der Waals surface area contributed by atoms with E-state index in [1.54, 1.807) is 13.0 Å². The summed E-state index contributed by atoms with van der Waals surface area (Å²) in [6.07, 6.45) is -0.622. The van der Waals surface area contributed by atoms with Crippen LogP contribution < -0.4 is 0 Å². The fraction of sp³-hybridized carbons (Fsp3) is 0.211. The van der Waals surface area contributed by atoms with Gasteiger partial charge in [-0.05, 0) is 44.5 Å². The lowest BCUT2D eigenvalue weighted by Crippen LogP contribution is -2.11. The van der Waals surface area contributed by atoms with E-state index in [9.17, 15) is 4.79 Å². The number of carbonyl (C=O) groups is 1. The summed E-state index contributed by atoms with van der Waals surface area (Å²) in [6.45, 7) is 5.58. The Hall–Kier alpha value is -2.95. The van der Waals surface area contributed by atoms with Crippen LogP contribution in [0.15, 0.2) is 52.9 Å². The van der Waals surface area contributed by atoms with E-state index < -0.39 is 12.1 Å². The number of ether oxygens (including phenoxy) is 1. The van der Waals surface area contributed by atoms with Gasteiger partial charge in [0.15, 0.2) is 6.10 Å². The van der Waals surface area contributed by atoms with Crippen molar-refractivity contribution in [3.63, 3.8) is 0 Å². The Morgan fingerprint density at radius 2 is 1.83 bits per heavy atom. The van der Waals surface area contributed by atoms with Gasteiger partial charge in [0.05, 0.1) is 5.56 Å². The molecule has 0 bridgehead atoms. The van der Waals surface area contributed by atoms with Gasteiger partial charge in [-0.3, -0.25) is 0 Å². The molecule has 0 amide bonds. The minimum absolute atomic E-state index is 0.270. The van der Waals surface area contributed by atoms with Crippen molar-refractivity contribution in [3.05, 3.63) is 71.1 Å². The molecule has 0 saturated heterocycles. The second kappa shape index (κ2) is 6.66. The van der Waals surface area contributed by atoms with Crippen molar-refractivity contribution in [3.8, 4) is 11.5 Å². The summed E-state index contributed by atoms with van der Waals surface area (Å²) in [4.78, 5) is 12.3. The molecule has 5 heteroatoms. The van der Waals surface area contributed by atoms with E-state index in [4.69, 9.17) is 9.15 Å². The van der Waals surface area contributed by atoms with E-state index >= 15 is 0 Å². The summed E-state index contributed by atoms with van der Waals surface area (Å²) in [5.74, 6) is 0.270. The minimum atomic E-state index is -0.622. The van der Waals surface area contributed by atoms with Gasteiger partial charge in [-0.1, -0.05) is 35.9 Å². The number of aromatic nitrogens is 2. The van der Waals surface area contributed by atoms with Crippen molar-refractivity contribution in [2.24, 2.45) is 0 Å². The lowest BCUT2D eigenvalue weighted by Gasteiger charge is -2.11. The van der Waals surface area contributed by atoms with Crippen molar-refractivity contribution >= 4 is 5.97 Å². The van der Waals surface area contributed by atoms with Crippen LogP contribution in [0.1, 0.15) is 40.4 Å². The monoisotopic (exact) mass is 322 g/mol. The minimum Gasteiger partial charge on any atom is -0.449 e. The van der Waals surface area contributed by atoms with Gasteiger partial charge in [0.2, 0.25) is 5.89 Å². The van der Waals surface area contributed by atoms with Crippen LogP contribution in [0.25, 0.3) is 11.5 Å². The molecule has 24 heavy (non-hydrogen) atoms. The summed E-state index contributed by atoms with van der Waals surface area (Å²) >= 11 is 0. The van der Waals surface area contributed by atoms with Crippen molar-refractivity contribution in [2.75, 3.05) is 0 Å². The zero-order chi connectivity index (χ0) is 17.1. The molecule has 0 saturated carbocycles. The molecule has 0 aliphatic carbocycles. The topological polar surface area (TPSA) is 65.2 Å². The maximum absolute atomic E-state index is 12.3. The largest absolute Gasteiger partial charge is 0.449 e. The molecule has 1 aromatic heterocycles. The van der Waals surface area contributed by atoms with Crippen molar-refractivity contribution in [1.29, 1.82) is 0 Å². The average molecular weight is 322 g/mol. The Morgan fingerprint density at radius 3 is 2.54 bits per heavy atom. The molecular formula is C19H18N2O3. The van der Waals surface area contributed by atoms with E-state index in [2.05, 4.69) is 10.2 Å². The first-order valence-corrected chi connectivity index (χ1v) is 7.71. The summed E-state index contributed by atoms with van der Waals surface area (Å²) < 4.78 is 11.1. The van der Waals surface area contributed by atoms with E-state index in [1.165, 1.54) is 0 Å². The molecule has 3 aromatic rings. The van der Waals surface area contributed by atoms with Gasteiger partial charge in [0, 0.05) is 5.56 Å². The zero-order valence-corrected chi connectivity index (χ0v) is 13.8. The van der Waals surface area contributed by atoms with Gasteiger partial charge in [-0.15, -0.1) is 10.2 Å². The van der Waals surface area contributed by atoms with Gasteiger partial charge < -0.3 is 9.15 Å². The average Bonchev–Trinajstić information content (AvgIpc) is 3.05. The Labute approximate surface area is 140 Å². The Balaban J connectivity index is 1.74. The molecule has 0 spiro atoms. The number of aryl methyl sites for hydroxylation is 2. The lowest BCUT2D eigenvalue weighted by molar-refractivity contribution is 0.0279. The van der Waals surface area contributed by atoms with Crippen LogP contribution in [0.3, 0.4) is 0 Å². The molecule has 2 aromatic carbocycles. The Bertz CT molecular complexity index is 856. The maximum Gasteiger partial charge on any atom is 0.339 e. The molecule has 0 radical (unpaired) electrons. The third kappa shape index (κ3) is 3.35. The van der Waals surface area contributed by atoms with E-state index in [1.807, 2.05) is 56.3 Å². The molecular weight excluding hydrogens is 304 g/mol. The van der Waals surface area contributed by atoms with Gasteiger partial charge in [0.25, 0.3) is 5.89 Å². The number of hydrogen-bond donors (Lipinski definition) is 0. The zero-order valence-electron chi connectivity index (χ0n) is 13.8. The maximum atomic E-state index is 12.3. The van der Waals surface area contributed by atoms with Crippen LogP contribution in [0, 0.1) is 13.8 Å². The standard InChI is InChI=1S/C19H18N2O3/c1-12-9-10-16(13(2)11-12)19(22)23-14(3)17-20-21-18(24-17)15-7-5-4-6-8-15/h4-11,14H,1-3H3/t14-/m1/s1. The number of benzene rings is 2. The fourth-order valence-corrected chi connectivity index (χ4v) is 2.41. The van der Waals surface area contributed by atoms with Crippen LogP contribution in [-0.2, 0) is 4.74 Å². The van der Waals surface area contributed by atoms with Crippen LogP contribution >= 0.6 is 0 Å². The first-order valence-electron chi connectivity index (χ1n) is 7.71. The highest BCUT2D eigenvalue weighted by Crippen LogP contribution is 2.23. The number of esters is 1. The molecule has 0 aliphatic heterocycles. The third-order valence-electron chi connectivity index (χ3n) is 3.69. The van der Waals surface area contributed by atoms with Crippen LogP contribution in [0.5, 0.6) is 0 Å². The molecule has 1 heterocycles. The summed E-state index contributed by atoms with van der Waals surface area (Å²) in [6, 6.07) is 15.0. The first-order chi connectivity index (χ1) is 11.5.